The Kier molecular flexibility index (Phi) is 23.1. The number of oxazole rings is 5. The van der Waals surface area contributed by atoms with E-state index in [0.29, 0.717) is 134 Å². The summed E-state index contributed by atoms with van der Waals surface area (Å²) in [5.41, 5.74) is 23.7. The second-order valence-corrected chi connectivity index (χ2v) is 37.0. The van der Waals surface area contributed by atoms with Crippen LogP contribution in [-0.2, 0) is 0 Å². The van der Waals surface area contributed by atoms with E-state index in [0.717, 1.165) is 141 Å². The number of fused-ring (bicyclic) bond motifs is 10. The van der Waals surface area contributed by atoms with Crippen LogP contribution in [0.1, 0.15) is 126 Å². The first-order chi connectivity index (χ1) is 71.1. The molecule has 146 heavy (non-hydrogen) atoms. The lowest BCUT2D eigenvalue weighted by Crippen LogP contribution is -2.51. The summed E-state index contributed by atoms with van der Waals surface area (Å²) >= 11 is 0. The van der Waals surface area contributed by atoms with Crippen LogP contribution in [0.3, 0.4) is 0 Å². The van der Waals surface area contributed by atoms with Gasteiger partial charge in [-0.05, 0) is 221 Å². The molecule has 5 amide bonds. The summed E-state index contributed by atoms with van der Waals surface area (Å²) in [7, 11) is 0. The highest BCUT2D eigenvalue weighted by molar-refractivity contribution is 5.98. The van der Waals surface area contributed by atoms with Crippen LogP contribution in [0.2, 0.25) is 0 Å². The molecule has 38 heteroatoms. The van der Waals surface area contributed by atoms with E-state index < -0.39 is 12.3 Å². The standard InChI is InChI=1S/2C23H20N6O2.C22H18N6O2.2C20H17FN4O2/c2*1-15-26-19-11-16(3-5-21(19)31-15)17-4-6-22-24-12-20(28(22)13-17)23(30)27-10-7-18(14-27)29-9-2-8-25-29;1-14-25-18-9-15(3-5-20(18)30-14)16-4-6-21-23-10-19(27(21)11-16)22(29)26-12-17(13-26)28-8-2-7-24-28;2*1-12-23-16-8-13(2-4-18(16)27-12)14-3-5-19-22-9-17(25(19)10-14)20(26)24-7-6-15(21)11-24/h2*2-6,8-9,11-13,18H,7,10,14H2,1H3;2-11,17H,12-13H2,1H3;2*2-5,8-10,15H,6-7,11H2,1H3/t2*18-;;2*15-/m10.10/s1. The van der Waals surface area contributed by atoms with Crippen LogP contribution in [0.15, 0.2) is 291 Å². The molecule has 5 aliphatic rings. The molecule has 5 fully saturated rings. The largest absolute Gasteiger partial charge is 0.441 e. The third kappa shape index (κ3) is 17.6. The number of likely N-dealkylation sites (tertiary alicyclic amines) is 5. The quantitative estimate of drug-likeness (QED) is 0.103. The third-order valence-corrected chi connectivity index (χ3v) is 27.3. The first kappa shape index (κ1) is 90.3. The van der Waals surface area contributed by atoms with Gasteiger partial charge in [0.15, 0.2) is 57.4 Å². The molecular weight excluding hydrogens is 1860 g/mol. The van der Waals surface area contributed by atoms with Crippen molar-refractivity contribution in [2.75, 3.05) is 65.4 Å². The van der Waals surface area contributed by atoms with E-state index in [9.17, 15) is 32.8 Å². The number of aryl methyl sites for hydroxylation is 5. The number of pyridine rings is 5. The Bertz CT molecular complexity index is 8550. The average Bonchev–Trinajstić information content (AvgIpc) is 1.63. The zero-order valence-electron chi connectivity index (χ0n) is 79.7. The molecule has 0 saturated carbocycles. The number of hydrogen-bond acceptors (Lipinski definition) is 23. The number of alkyl halides is 2. The van der Waals surface area contributed by atoms with Crippen molar-refractivity contribution in [3.05, 3.63) is 327 Å². The number of aromatic nitrogens is 21. The van der Waals surface area contributed by atoms with E-state index >= 15 is 0 Å². The molecule has 0 bridgehead atoms. The molecule has 5 saturated heterocycles. The van der Waals surface area contributed by atoms with Crippen LogP contribution in [0.4, 0.5) is 8.78 Å². The van der Waals surface area contributed by atoms with Gasteiger partial charge in [0.05, 0.1) is 62.2 Å². The lowest BCUT2D eigenvalue weighted by atomic mass is 10.1. The molecule has 0 N–H and O–H groups in total. The topological polar surface area (TPSA) is 372 Å². The second-order valence-electron chi connectivity index (χ2n) is 37.0. The molecule has 0 aliphatic carbocycles. The number of amides is 5. The number of carbonyl (C=O) groups is 5. The van der Waals surface area contributed by atoms with E-state index in [1.807, 2.05) is 296 Å². The van der Waals surface area contributed by atoms with E-state index in [1.165, 1.54) is 0 Å². The number of nitrogens with zero attached hydrogens (tertiary/aromatic N) is 26. The predicted octanol–water partition coefficient (Wildman–Crippen LogP) is 18.1. The summed E-state index contributed by atoms with van der Waals surface area (Å²) in [6.07, 6.45) is 29.5. The molecule has 36 nitrogen and oxygen atoms in total. The van der Waals surface area contributed by atoms with Gasteiger partial charge >= 0.3 is 0 Å². The molecule has 0 radical (unpaired) electrons. The van der Waals surface area contributed by atoms with Gasteiger partial charge in [-0.25, -0.2) is 58.6 Å². The van der Waals surface area contributed by atoms with Gasteiger partial charge in [-0.15, -0.1) is 0 Å². The van der Waals surface area contributed by atoms with Crippen molar-refractivity contribution in [2.45, 2.75) is 90.8 Å². The van der Waals surface area contributed by atoms with Gasteiger partial charge in [0.2, 0.25) is 0 Å². The Balaban J connectivity index is 0.0000000979. The number of hydrogen-bond donors (Lipinski definition) is 0. The van der Waals surface area contributed by atoms with Crippen molar-refractivity contribution in [1.82, 2.24) is 126 Å². The second kappa shape index (κ2) is 37.3. The van der Waals surface area contributed by atoms with E-state index in [1.54, 1.807) is 68.2 Å². The molecule has 0 spiro atoms. The van der Waals surface area contributed by atoms with Crippen molar-refractivity contribution in [2.24, 2.45) is 0 Å². The van der Waals surface area contributed by atoms with E-state index in [2.05, 4.69) is 65.1 Å². The SMILES string of the molecule is Cc1nc2cc(-c3ccc4ncc(C(=O)N5CC(n6cccn6)C5)n4c3)ccc2o1.Cc1nc2cc(-c3ccc4ncc(C(=O)N5CC[C@@H](F)C5)n4c3)ccc2o1.Cc1nc2cc(-c3ccc4ncc(C(=O)N5CC[C@@H](n6cccn6)C5)n4c3)ccc2o1.Cc1nc2cc(-c3ccc4ncc(C(=O)N5CC[C@H](F)C5)n4c3)ccc2o1.Cc1nc2cc(-c3ccc4ncc(C(=O)N5CC[C@H](n6cccn6)C5)n4c3)ccc2o1. The maximum Gasteiger partial charge on any atom is 0.272 e. The number of benzene rings is 5. The van der Waals surface area contributed by atoms with Crippen molar-refractivity contribution in [3.8, 4) is 55.6 Å². The Morgan fingerprint density at radius 1 is 0.274 bits per heavy atom. The minimum atomic E-state index is -0.943. The highest BCUT2D eigenvalue weighted by Gasteiger charge is 2.37. The zero-order chi connectivity index (χ0) is 99.2. The Morgan fingerprint density at radius 3 is 0.740 bits per heavy atom. The monoisotopic (exact) mass is 1950 g/mol. The van der Waals surface area contributed by atoms with E-state index in [4.69, 9.17) is 22.1 Å². The van der Waals surface area contributed by atoms with Gasteiger partial charge in [-0.2, -0.15) is 15.3 Å². The summed E-state index contributed by atoms with van der Waals surface area (Å²) in [4.78, 5) is 118. The smallest absolute Gasteiger partial charge is 0.272 e. The summed E-state index contributed by atoms with van der Waals surface area (Å²) in [6.45, 7) is 14.3. The molecular formula is C108H92F2N26O10. The lowest BCUT2D eigenvalue weighted by Gasteiger charge is -2.38. The first-order valence-electron chi connectivity index (χ1n) is 48.1. The van der Waals surface area contributed by atoms with Gasteiger partial charge in [0.25, 0.3) is 29.5 Å². The van der Waals surface area contributed by atoms with Gasteiger partial charge in [-0.1, -0.05) is 30.3 Å². The highest BCUT2D eigenvalue weighted by atomic mass is 19.1. The van der Waals surface area contributed by atoms with Crippen LogP contribution in [0.25, 0.3) is 139 Å². The van der Waals surface area contributed by atoms with Gasteiger partial charge in [0.1, 0.15) is 96.6 Å². The summed E-state index contributed by atoms with van der Waals surface area (Å²) in [6, 6.07) is 55.2. The summed E-state index contributed by atoms with van der Waals surface area (Å²) in [5, 5.41) is 12.9. The van der Waals surface area contributed by atoms with Gasteiger partial charge in [-0.3, -0.25) is 60.0 Å². The van der Waals surface area contributed by atoms with Gasteiger partial charge in [0, 0.05) is 155 Å². The number of carbonyl (C=O) groups excluding carboxylic acids is 5. The molecule has 728 valence electrons. The maximum atomic E-state index is 13.5. The Hall–Kier alpha value is -18.3. The molecule has 18 aromatic heterocycles. The van der Waals surface area contributed by atoms with Crippen molar-refractivity contribution >= 4 is 113 Å². The van der Waals surface area contributed by atoms with E-state index in [-0.39, 0.29) is 60.8 Å². The molecule has 23 heterocycles. The molecule has 28 rings (SSSR count). The van der Waals surface area contributed by atoms with Gasteiger partial charge < -0.3 is 46.6 Å². The third-order valence-electron chi connectivity index (χ3n) is 27.3. The summed E-state index contributed by atoms with van der Waals surface area (Å²) in [5.74, 6) is 2.74. The molecule has 23 aromatic rings. The average molecular weight is 1950 g/mol. The Labute approximate surface area is 828 Å². The van der Waals surface area contributed by atoms with Crippen LogP contribution in [-0.4, -0.2) is 233 Å². The van der Waals surface area contributed by atoms with Crippen LogP contribution < -0.4 is 0 Å². The Morgan fingerprint density at radius 2 is 0.500 bits per heavy atom. The minimum Gasteiger partial charge on any atom is -0.441 e. The minimum absolute atomic E-state index is 0.0121. The normalized spacial score (nSPS) is 16.4. The number of imidazole rings is 5. The van der Waals surface area contributed by atoms with Crippen LogP contribution in [0.5, 0.6) is 0 Å². The molecule has 5 aliphatic heterocycles. The van der Waals surface area contributed by atoms with Crippen LogP contribution in [0, 0.1) is 34.6 Å². The fourth-order valence-electron chi connectivity index (χ4n) is 19.8. The number of halogens is 2. The van der Waals surface area contributed by atoms with Crippen molar-refractivity contribution in [3.63, 3.8) is 0 Å². The van der Waals surface area contributed by atoms with Crippen molar-refractivity contribution < 1.29 is 54.8 Å². The predicted molar refractivity (Wildman–Crippen MR) is 536 cm³/mol. The maximum absolute atomic E-state index is 13.5. The fourth-order valence-corrected chi connectivity index (χ4v) is 19.8. The molecule has 0 unspecified atom stereocenters. The molecule has 5 aromatic carbocycles. The first-order valence-corrected chi connectivity index (χ1v) is 48.1. The lowest BCUT2D eigenvalue weighted by molar-refractivity contribution is 0.0494. The van der Waals surface area contributed by atoms with Crippen molar-refractivity contribution in [1.29, 1.82) is 0 Å². The van der Waals surface area contributed by atoms with Crippen LogP contribution >= 0.6 is 0 Å². The molecule has 4 atom stereocenters. The highest BCUT2D eigenvalue weighted by Crippen LogP contribution is 2.36. The fraction of sp³-hybridized carbons (Fsp3) is 0.222. The summed E-state index contributed by atoms with van der Waals surface area (Å²) < 4.78 is 69.6. The zero-order valence-corrected chi connectivity index (χ0v) is 79.7. The number of rotatable bonds is 13.